The molecule has 56 heavy (non-hydrogen) atoms. The van der Waals surface area contributed by atoms with Gasteiger partial charge in [-0.1, -0.05) is 97.1 Å². The Hall–Kier alpha value is -7.70. The first-order valence-electron chi connectivity index (χ1n) is 18.7. The van der Waals surface area contributed by atoms with Gasteiger partial charge in [0.25, 0.3) is 11.1 Å². The molecule has 8 aromatic carbocycles. The maximum atomic E-state index is 13.7. The minimum atomic E-state index is -0.324. The third-order valence-electron chi connectivity index (χ3n) is 11.4. The Kier molecular flexibility index (Phi) is 6.26. The van der Waals surface area contributed by atoms with Gasteiger partial charge in [0.15, 0.2) is 0 Å². The van der Waals surface area contributed by atoms with Crippen molar-refractivity contribution in [3.05, 3.63) is 197 Å². The lowest BCUT2D eigenvalue weighted by atomic mass is 9.95. The van der Waals surface area contributed by atoms with Crippen molar-refractivity contribution in [2.24, 2.45) is 0 Å². The van der Waals surface area contributed by atoms with E-state index in [4.69, 9.17) is 4.42 Å². The van der Waals surface area contributed by atoms with Crippen LogP contribution in [0, 0.1) is 0 Å². The van der Waals surface area contributed by atoms with Crippen LogP contribution >= 0.6 is 0 Å². The van der Waals surface area contributed by atoms with Crippen molar-refractivity contribution >= 4 is 65.6 Å². The monoisotopic (exact) mass is 719 g/mol. The summed E-state index contributed by atoms with van der Waals surface area (Å²) in [6, 6.07) is 60.2. The van der Waals surface area contributed by atoms with Gasteiger partial charge in [0.2, 0.25) is 0 Å². The third-order valence-corrected chi connectivity index (χ3v) is 11.4. The van der Waals surface area contributed by atoms with E-state index in [2.05, 4.69) is 120 Å². The van der Waals surface area contributed by atoms with Crippen molar-refractivity contribution in [1.82, 2.24) is 13.6 Å². The van der Waals surface area contributed by atoms with E-state index >= 15 is 0 Å². The molecular weight excluding hydrogens is 691 g/mol. The van der Waals surface area contributed by atoms with Gasteiger partial charge in [-0.25, -0.2) is 4.52 Å². The molecule has 6 heteroatoms. The van der Waals surface area contributed by atoms with Crippen molar-refractivity contribution in [1.29, 1.82) is 0 Å². The molecule has 12 aromatic rings. The predicted octanol–water partition coefficient (Wildman–Crippen LogP) is 11.5. The summed E-state index contributed by atoms with van der Waals surface area (Å²) < 4.78 is 11.7. The summed E-state index contributed by atoms with van der Waals surface area (Å²) in [5.41, 5.74) is 12.2. The molecule has 0 aliphatic heterocycles. The second-order valence-electron chi connectivity index (χ2n) is 14.5. The van der Waals surface area contributed by atoms with E-state index in [1.54, 1.807) is 10.6 Å². The van der Waals surface area contributed by atoms with Crippen molar-refractivity contribution in [2.75, 3.05) is 0 Å². The van der Waals surface area contributed by atoms with Crippen LogP contribution in [0.15, 0.2) is 190 Å². The molecule has 0 saturated carbocycles. The number of nitrogens with zero attached hydrogens (tertiary/aromatic N) is 3. The van der Waals surface area contributed by atoms with E-state index in [0.717, 1.165) is 61.0 Å². The lowest BCUT2D eigenvalue weighted by molar-refractivity contribution is 0.669. The standard InChI is InChI=1S/C50H29N3O3/c54-49-38-15-5-7-18-44(38)52-45-24-21-34(29-40(45)50(55)53(49)52)36-16-9-19-47-48(36)41-28-33(22-25-46(41)56-47)31-11-8-10-30(26-31)32-20-23-43-39(27-32)37-14-4-6-17-42(37)51(43)35-12-2-1-3-13-35/h1-29H. The van der Waals surface area contributed by atoms with Crippen molar-refractivity contribution < 1.29 is 4.42 Å². The Balaban J connectivity index is 0.980. The molecule has 0 fully saturated rings. The average molecular weight is 720 g/mol. The van der Waals surface area contributed by atoms with Crippen molar-refractivity contribution in [3.8, 4) is 39.1 Å². The van der Waals surface area contributed by atoms with Crippen molar-refractivity contribution in [2.45, 2.75) is 0 Å². The van der Waals surface area contributed by atoms with Crippen LogP contribution in [0.1, 0.15) is 0 Å². The fourth-order valence-electron chi connectivity index (χ4n) is 8.88. The van der Waals surface area contributed by atoms with E-state index in [1.807, 2.05) is 54.6 Å². The number of para-hydroxylation sites is 3. The van der Waals surface area contributed by atoms with Crippen LogP contribution in [0.5, 0.6) is 0 Å². The van der Waals surface area contributed by atoms with Crippen molar-refractivity contribution in [3.63, 3.8) is 0 Å². The lowest BCUT2D eigenvalue weighted by Gasteiger charge is -2.09. The highest BCUT2D eigenvalue weighted by atomic mass is 16.3. The molecule has 0 aliphatic rings. The van der Waals surface area contributed by atoms with Gasteiger partial charge >= 0.3 is 0 Å². The number of hydrogen-bond acceptors (Lipinski definition) is 3. The molecule has 4 heterocycles. The lowest BCUT2D eigenvalue weighted by Crippen LogP contribution is -2.21. The van der Waals surface area contributed by atoms with Gasteiger partial charge in [0.05, 0.1) is 32.8 Å². The number of hydrogen-bond donors (Lipinski definition) is 0. The Morgan fingerprint density at radius 3 is 1.79 bits per heavy atom. The fraction of sp³-hybridized carbons (Fsp3) is 0. The summed E-state index contributed by atoms with van der Waals surface area (Å²) in [4.78, 5) is 27.0. The zero-order valence-electron chi connectivity index (χ0n) is 29.8. The second kappa shape index (κ2) is 11.4. The number of furan rings is 1. The topological polar surface area (TPSA) is 61.0 Å². The smallest absolute Gasteiger partial charge is 0.282 e. The predicted molar refractivity (Wildman–Crippen MR) is 228 cm³/mol. The molecule has 0 bridgehead atoms. The molecule has 0 spiro atoms. The Bertz CT molecular complexity index is 3700. The minimum Gasteiger partial charge on any atom is -0.456 e. The van der Waals surface area contributed by atoms with E-state index < -0.39 is 0 Å². The minimum absolute atomic E-state index is 0.306. The van der Waals surface area contributed by atoms with Crippen LogP contribution in [0.2, 0.25) is 0 Å². The highest BCUT2D eigenvalue weighted by Gasteiger charge is 2.20. The van der Waals surface area contributed by atoms with E-state index in [9.17, 15) is 9.59 Å². The summed E-state index contributed by atoms with van der Waals surface area (Å²) in [5.74, 6) is 0. The highest BCUT2D eigenvalue weighted by molar-refractivity contribution is 6.14. The summed E-state index contributed by atoms with van der Waals surface area (Å²) in [6.45, 7) is 0. The van der Waals surface area contributed by atoms with Gasteiger partial charge in [-0.05, 0) is 112 Å². The number of benzene rings is 8. The summed E-state index contributed by atoms with van der Waals surface area (Å²) in [6.07, 6.45) is 0. The Morgan fingerprint density at radius 1 is 0.357 bits per heavy atom. The van der Waals surface area contributed by atoms with E-state index in [1.165, 1.54) is 26.3 Å². The molecule has 0 aliphatic carbocycles. The molecule has 0 saturated heterocycles. The van der Waals surface area contributed by atoms with Crippen LogP contribution in [0.3, 0.4) is 0 Å². The number of aromatic nitrogens is 3. The zero-order chi connectivity index (χ0) is 37.1. The molecule has 0 atom stereocenters. The first kappa shape index (κ1) is 30.7. The maximum absolute atomic E-state index is 13.7. The molecule has 0 N–H and O–H groups in total. The molecule has 0 unspecified atom stereocenters. The molecule has 12 rings (SSSR count). The molecule has 262 valence electrons. The van der Waals surface area contributed by atoms with Crippen LogP contribution in [0.25, 0.3) is 105 Å². The largest absolute Gasteiger partial charge is 0.456 e. The maximum Gasteiger partial charge on any atom is 0.282 e. The van der Waals surface area contributed by atoms with E-state index in [-0.39, 0.29) is 11.1 Å². The molecular formula is C50H29N3O3. The normalized spacial score (nSPS) is 12.1. The van der Waals surface area contributed by atoms with E-state index in [0.29, 0.717) is 21.8 Å². The first-order valence-corrected chi connectivity index (χ1v) is 18.7. The summed E-state index contributed by atoms with van der Waals surface area (Å²) >= 11 is 0. The van der Waals surface area contributed by atoms with Gasteiger partial charge in [-0.15, -0.1) is 0 Å². The van der Waals surface area contributed by atoms with Crippen LogP contribution < -0.4 is 11.1 Å². The first-order chi connectivity index (χ1) is 27.6. The van der Waals surface area contributed by atoms with Crippen LogP contribution in [-0.4, -0.2) is 13.6 Å². The molecule has 4 aromatic heterocycles. The Morgan fingerprint density at radius 2 is 0.946 bits per heavy atom. The molecule has 0 amide bonds. The number of rotatable bonds is 4. The second-order valence-corrected chi connectivity index (χ2v) is 14.5. The van der Waals surface area contributed by atoms with Crippen LogP contribution in [-0.2, 0) is 0 Å². The highest BCUT2D eigenvalue weighted by Crippen LogP contribution is 2.40. The number of fused-ring (bicyclic) bond motifs is 11. The van der Waals surface area contributed by atoms with Gasteiger partial charge in [0, 0.05) is 27.2 Å². The third kappa shape index (κ3) is 4.26. The van der Waals surface area contributed by atoms with Gasteiger partial charge in [-0.3, -0.25) is 9.59 Å². The van der Waals surface area contributed by atoms with Crippen LogP contribution in [0.4, 0.5) is 0 Å². The van der Waals surface area contributed by atoms with Gasteiger partial charge < -0.3 is 8.98 Å². The fourth-order valence-corrected chi connectivity index (χ4v) is 8.88. The zero-order valence-corrected chi connectivity index (χ0v) is 29.8. The Labute approximate surface area is 318 Å². The van der Waals surface area contributed by atoms with Gasteiger partial charge in [0.1, 0.15) is 11.2 Å². The summed E-state index contributed by atoms with van der Waals surface area (Å²) in [5, 5.41) is 5.44. The molecule has 6 nitrogen and oxygen atoms in total. The quantitative estimate of drug-likeness (QED) is 0.182. The average Bonchev–Trinajstić information content (AvgIpc) is 3.97. The summed E-state index contributed by atoms with van der Waals surface area (Å²) in [7, 11) is 0. The SMILES string of the molecule is O=c1c2ccccc2n2c3ccc(-c4cccc5oc6ccc(-c7cccc(-c8ccc9c(c8)c8ccccc8n9-c8ccccc8)c7)cc6c45)cc3c(=O)n12. The molecule has 0 radical (unpaired) electrons. The van der Waals surface area contributed by atoms with Gasteiger partial charge in [-0.2, -0.15) is 4.52 Å².